The largest absolute Gasteiger partial charge is 0.370 e. The van der Waals surface area contributed by atoms with Crippen molar-refractivity contribution in [1.82, 2.24) is 15.1 Å². The molecule has 1 unspecified atom stereocenters. The van der Waals surface area contributed by atoms with Gasteiger partial charge in [-0.1, -0.05) is 23.8 Å². The molecule has 0 radical (unpaired) electrons. The number of likely N-dealkylation sites (N-methyl/N-ethyl adjacent to an activating group) is 1. The van der Waals surface area contributed by atoms with Gasteiger partial charge in [0.05, 0.1) is 13.2 Å². The molecular formula is C20H35IN4O. The van der Waals surface area contributed by atoms with Crippen molar-refractivity contribution in [1.29, 1.82) is 0 Å². The van der Waals surface area contributed by atoms with E-state index in [2.05, 4.69) is 73.1 Å². The number of hydrogen-bond donors (Lipinski definition) is 1. The van der Waals surface area contributed by atoms with E-state index in [9.17, 15) is 0 Å². The van der Waals surface area contributed by atoms with Gasteiger partial charge in [-0.25, -0.2) is 0 Å². The van der Waals surface area contributed by atoms with Crippen LogP contribution in [0, 0.1) is 13.8 Å². The van der Waals surface area contributed by atoms with Crippen molar-refractivity contribution in [2.75, 3.05) is 46.9 Å². The summed E-state index contributed by atoms with van der Waals surface area (Å²) in [6.07, 6.45) is 0.103. The van der Waals surface area contributed by atoms with E-state index >= 15 is 0 Å². The molecule has 0 aromatic heterocycles. The standard InChI is InChI=1S/C20H34N4O.HI/c1-15(2)23(6)10-9-22-20(21-5)24-11-12-25-19(14-24)18-8-7-16(3)13-17(18)4;/h7-8,13,15,19H,9-12,14H2,1-6H3,(H,21,22);1H. The van der Waals surface area contributed by atoms with Crippen LogP contribution in [0.4, 0.5) is 0 Å². The Morgan fingerprint density at radius 3 is 2.73 bits per heavy atom. The summed E-state index contributed by atoms with van der Waals surface area (Å²) < 4.78 is 6.05. The van der Waals surface area contributed by atoms with Gasteiger partial charge in [-0.2, -0.15) is 0 Å². The van der Waals surface area contributed by atoms with Crippen LogP contribution >= 0.6 is 24.0 Å². The quantitative estimate of drug-likeness (QED) is 0.404. The lowest BCUT2D eigenvalue weighted by atomic mass is 10.00. The first kappa shape index (κ1) is 23.2. The van der Waals surface area contributed by atoms with Gasteiger partial charge < -0.3 is 19.9 Å². The van der Waals surface area contributed by atoms with E-state index in [4.69, 9.17) is 4.74 Å². The van der Waals surface area contributed by atoms with Crippen LogP contribution in [-0.2, 0) is 4.74 Å². The smallest absolute Gasteiger partial charge is 0.193 e. The lowest BCUT2D eigenvalue weighted by molar-refractivity contribution is -0.00834. The van der Waals surface area contributed by atoms with Gasteiger partial charge in [-0.05, 0) is 45.9 Å². The molecule has 0 amide bonds. The molecule has 6 heteroatoms. The summed E-state index contributed by atoms with van der Waals surface area (Å²) >= 11 is 0. The first-order chi connectivity index (χ1) is 11.9. The monoisotopic (exact) mass is 474 g/mol. The number of aryl methyl sites for hydroxylation is 2. The molecule has 0 saturated carbocycles. The molecule has 1 N–H and O–H groups in total. The minimum absolute atomic E-state index is 0. The summed E-state index contributed by atoms with van der Waals surface area (Å²) in [4.78, 5) is 9.12. The molecule has 1 fully saturated rings. The summed E-state index contributed by atoms with van der Waals surface area (Å²) in [6, 6.07) is 7.15. The zero-order chi connectivity index (χ0) is 18.4. The number of hydrogen-bond acceptors (Lipinski definition) is 3. The van der Waals surface area contributed by atoms with Crippen molar-refractivity contribution in [2.24, 2.45) is 4.99 Å². The summed E-state index contributed by atoms with van der Waals surface area (Å²) in [5.74, 6) is 0.968. The van der Waals surface area contributed by atoms with Crippen molar-refractivity contribution in [2.45, 2.75) is 39.8 Å². The third-order valence-electron chi connectivity index (χ3n) is 4.98. The molecule has 0 aliphatic carbocycles. The minimum atomic E-state index is 0. The molecule has 0 bridgehead atoms. The SMILES string of the molecule is CN=C(NCCN(C)C(C)C)N1CCOC(c2ccc(C)cc2C)C1.I. The van der Waals surface area contributed by atoms with E-state index < -0.39 is 0 Å². The molecule has 1 aliphatic rings. The maximum Gasteiger partial charge on any atom is 0.193 e. The average Bonchev–Trinajstić information content (AvgIpc) is 2.58. The second kappa shape index (κ2) is 11.1. The van der Waals surface area contributed by atoms with Crippen LogP contribution < -0.4 is 5.32 Å². The number of ether oxygens (including phenoxy) is 1. The predicted molar refractivity (Wildman–Crippen MR) is 121 cm³/mol. The van der Waals surface area contributed by atoms with Crippen LogP contribution in [0.25, 0.3) is 0 Å². The number of nitrogens with zero attached hydrogens (tertiary/aromatic N) is 3. The maximum absolute atomic E-state index is 6.05. The molecule has 1 saturated heterocycles. The van der Waals surface area contributed by atoms with Gasteiger partial charge in [0.1, 0.15) is 6.10 Å². The number of guanidine groups is 1. The van der Waals surface area contributed by atoms with E-state index in [1.54, 1.807) is 0 Å². The van der Waals surface area contributed by atoms with Gasteiger partial charge >= 0.3 is 0 Å². The van der Waals surface area contributed by atoms with Gasteiger partial charge in [0.2, 0.25) is 0 Å². The van der Waals surface area contributed by atoms with Crippen LogP contribution in [0.5, 0.6) is 0 Å². The van der Waals surface area contributed by atoms with Crippen molar-refractivity contribution in [3.8, 4) is 0 Å². The van der Waals surface area contributed by atoms with Gasteiger partial charge in [0.25, 0.3) is 0 Å². The van der Waals surface area contributed by atoms with E-state index in [1.807, 2.05) is 7.05 Å². The van der Waals surface area contributed by atoms with E-state index in [0.29, 0.717) is 6.04 Å². The van der Waals surface area contributed by atoms with Crippen molar-refractivity contribution in [3.63, 3.8) is 0 Å². The van der Waals surface area contributed by atoms with Crippen LogP contribution in [0.1, 0.15) is 36.6 Å². The Morgan fingerprint density at radius 1 is 1.38 bits per heavy atom. The fraction of sp³-hybridized carbons (Fsp3) is 0.650. The van der Waals surface area contributed by atoms with Gasteiger partial charge in [0.15, 0.2) is 5.96 Å². The molecule has 2 rings (SSSR count). The van der Waals surface area contributed by atoms with Crippen molar-refractivity contribution in [3.05, 3.63) is 34.9 Å². The lowest BCUT2D eigenvalue weighted by Crippen LogP contribution is -2.49. The number of rotatable bonds is 5. The Balaban J connectivity index is 0.00000338. The number of halogens is 1. The first-order valence-electron chi connectivity index (χ1n) is 9.27. The molecule has 1 atom stereocenters. The zero-order valence-electron chi connectivity index (χ0n) is 17.1. The highest BCUT2D eigenvalue weighted by Gasteiger charge is 2.25. The van der Waals surface area contributed by atoms with Crippen LogP contribution in [-0.4, -0.2) is 68.7 Å². The fourth-order valence-electron chi connectivity index (χ4n) is 3.15. The molecule has 0 spiro atoms. The molecule has 1 aromatic carbocycles. The molecule has 1 heterocycles. The highest BCUT2D eigenvalue weighted by atomic mass is 127. The second-order valence-electron chi connectivity index (χ2n) is 7.21. The first-order valence-corrected chi connectivity index (χ1v) is 9.27. The molecule has 1 aromatic rings. The zero-order valence-corrected chi connectivity index (χ0v) is 19.4. The number of morpholine rings is 1. The highest BCUT2D eigenvalue weighted by Crippen LogP contribution is 2.25. The van der Waals surface area contributed by atoms with E-state index in [1.165, 1.54) is 16.7 Å². The third kappa shape index (κ3) is 6.39. The summed E-state index contributed by atoms with van der Waals surface area (Å²) in [7, 11) is 4.01. The number of nitrogens with one attached hydrogen (secondary N) is 1. The van der Waals surface area contributed by atoms with Gasteiger partial charge in [0, 0.05) is 32.7 Å². The Bertz CT molecular complexity index is 591. The second-order valence-corrected chi connectivity index (χ2v) is 7.21. The normalized spacial score (nSPS) is 18.2. The Kier molecular flexibility index (Phi) is 9.89. The van der Waals surface area contributed by atoms with Crippen LogP contribution in [0.3, 0.4) is 0 Å². The molecule has 26 heavy (non-hydrogen) atoms. The molecular weight excluding hydrogens is 439 g/mol. The van der Waals surface area contributed by atoms with Crippen molar-refractivity contribution < 1.29 is 4.74 Å². The Hall–Kier alpha value is -0.860. The minimum Gasteiger partial charge on any atom is -0.370 e. The Labute approximate surface area is 176 Å². The fourth-order valence-corrected chi connectivity index (χ4v) is 3.15. The van der Waals surface area contributed by atoms with Gasteiger partial charge in [-0.3, -0.25) is 4.99 Å². The summed E-state index contributed by atoms with van der Waals surface area (Å²) in [6.45, 7) is 13.1. The predicted octanol–water partition coefficient (Wildman–Crippen LogP) is 3.21. The summed E-state index contributed by atoms with van der Waals surface area (Å²) in [5, 5.41) is 3.50. The molecule has 5 nitrogen and oxygen atoms in total. The van der Waals surface area contributed by atoms with E-state index in [0.717, 1.165) is 38.7 Å². The van der Waals surface area contributed by atoms with E-state index in [-0.39, 0.29) is 30.1 Å². The molecule has 148 valence electrons. The maximum atomic E-state index is 6.05. The average molecular weight is 474 g/mol. The van der Waals surface area contributed by atoms with Gasteiger partial charge in [-0.15, -0.1) is 24.0 Å². The van der Waals surface area contributed by atoms with Crippen LogP contribution in [0.15, 0.2) is 23.2 Å². The number of aliphatic imine (C=N–C) groups is 1. The van der Waals surface area contributed by atoms with Crippen molar-refractivity contribution >= 4 is 29.9 Å². The molecule has 1 aliphatic heterocycles. The highest BCUT2D eigenvalue weighted by molar-refractivity contribution is 14.0. The lowest BCUT2D eigenvalue weighted by Gasteiger charge is -2.36. The van der Waals surface area contributed by atoms with Crippen LogP contribution in [0.2, 0.25) is 0 Å². The topological polar surface area (TPSA) is 40.1 Å². The third-order valence-corrected chi connectivity index (χ3v) is 4.98. The summed E-state index contributed by atoms with van der Waals surface area (Å²) in [5.41, 5.74) is 3.87. The number of benzene rings is 1. The Morgan fingerprint density at radius 2 is 2.12 bits per heavy atom.